The van der Waals surface area contributed by atoms with Crippen LogP contribution in [0.1, 0.15) is 25.8 Å². The summed E-state index contributed by atoms with van der Waals surface area (Å²) in [6, 6.07) is 4.98. The van der Waals surface area contributed by atoms with E-state index in [1.54, 1.807) is 36.9 Å². The lowest BCUT2D eigenvalue weighted by Gasteiger charge is -2.23. The van der Waals surface area contributed by atoms with Crippen molar-refractivity contribution in [1.29, 1.82) is 0 Å². The standard InChI is InChI=1S/C18H27F2N3O3S.HI/c1-3-21-17(23-11-18(24)8-9-27-12-18)22-10-13-6-5-7-14(25-4-2)15(13)26-16(19)20;/h5-7,16,24H,3-4,8-12H2,1-2H3,(H2,21,22,23);1H. The molecule has 0 bridgehead atoms. The molecule has 1 heterocycles. The van der Waals surface area contributed by atoms with Crippen molar-refractivity contribution < 1.29 is 23.4 Å². The number of thioether (sulfide) groups is 1. The highest BCUT2D eigenvalue weighted by Crippen LogP contribution is 2.33. The molecule has 28 heavy (non-hydrogen) atoms. The zero-order valence-corrected chi connectivity index (χ0v) is 19.2. The minimum absolute atomic E-state index is 0. The average molecular weight is 531 g/mol. The summed E-state index contributed by atoms with van der Waals surface area (Å²) in [6.45, 7) is 2.24. The maximum Gasteiger partial charge on any atom is 0.387 e. The monoisotopic (exact) mass is 531 g/mol. The topological polar surface area (TPSA) is 75.1 Å². The normalized spacial score (nSPS) is 19.3. The van der Waals surface area contributed by atoms with Crippen molar-refractivity contribution in [2.75, 3.05) is 31.2 Å². The van der Waals surface area contributed by atoms with Crippen molar-refractivity contribution in [3.05, 3.63) is 23.8 Å². The zero-order valence-electron chi connectivity index (χ0n) is 16.0. The lowest BCUT2D eigenvalue weighted by Crippen LogP contribution is -2.47. The third-order valence-electron chi connectivity index (χ3n) is 3.99. The first kappa shape index (κ1) is 25.0. The zero-order chi connectivity index (χ0) is 19.7. The molecule has 6 nitrogen and oxygen atoms in total. The molecule has 0 saturated carbocycles. The van der Waals surface area contributed by atoms with Gasteiger partial charge < -0.3 is 25.2 Å². The van der Waals surface area contributed by atoms with Gasteiger partial charge in [-0.3, -0.25) is 0 Å². The Morgan fingerprint density at radius 1 is 1.36 bits per heavy atom. The molecular weight excluding hydrogens is 503 g/mol. The number of hydrogen-bond acceptors (Lipinski definition) is 5. The number of guanidine groups is 1. The summed E-state index contributed by atoms with van der Waals surface area (Å²) in [5, 5.41) is 16.7. The summed E-state index contributed by atoms with van der Waals surface area (Å²) in [7, 11) is 0. The summed E-state index contributed by atoms with van der Waals surface area (Å²) >= 11 is 1.72. The van der Waals surface area contributed by atoms with Gasteiger partial charge in [-0.2, -0.15) is 20.5 Å². The van der Waals surface area contributed by atoms with E-state index in [4.69, 9.17) is 4.74 Å². The predicted molar refractivity (Wildman–Crippen MR) is 119 cm³/mol. The number of rotatable bonds is 9. The third-order valence-corrected chi connectivity index (χ3v) is 5.22. The Labute approximate surface area is 185 Å². The van der Waals surface area contributed by atoms with Crippen molar-refractivity contribution in [3.8, 4) is 11.5 Å². The Hall–Kier alpha value is -1.01. The van der Waals surface area contributed by atoms with Crippen LogP contribution in [-0.2, 0) is 6.54 Å². The van der Waals surface area contributed by atoms with Gasteiger partial charge in [0, 0.05) is 24.4 Å². The highest BCUT2D eigenvalue weighted by Gasteiger charge is 2.31. The van der Waals surface area contributed by atoms with Crippen LogP contribution in [0.25, 0.3) is 0 Å². The van der Waals surface area contributed by atoms with Crippen LogP contribution in [0.3, 0.4) is 0 Å². The van der Waals surface area contributed by atoms with Gasteiger partial charge in [0.25, 0.3) is 0 Å². The van der Waals surface area contributed by atoms with Crippen molar-refractivity contribution in [2.24, 2.45) is 4.99 Å². The van der Waals surface area contributed by atoms with E-state index in [0.29, 0.717) is 37.0 Å². The molecule has 10 heteroatoms. The van der Waals surface area contributed by atoms with Crippen molar-refractivity contribution in [1.82, 2.24) is 10.6 Å². The minimum Gasteiger partial charge on any atom is -0.490 e. The number of halogens is 3. The number of benzene rings is 1. The lowest BCUT2D eigenvalue weighted by atomic mass is 10.0. The highest BCUT2D eigenvalue weighted by atomic mass is 127. The number of hydrogen-bond donors (Lipinski definition) is 3. The molecule has 0 amide bonds. The summed E-state index contributed by atoms with van der Waals surface area (Å²) in [4.78, 5) is 4.44. The van der Waals surface area contributed by atoms with Gasteiger partial charge in [-0.05, 0) is 32.1 Å². The van der Waals surface area contributed by atoms with Crippen LogP contribution >= 0.6 is 35.7 Å². The van der Waals surface area contributed by atoms with Gasteiger partial charge in [-0.25, -0.2) is 4.99 Å². The molecule has 0 spiro atoms. The lowest BCUT2D eigenvalue weighted by molar-refractivity contribution is -0.0520. The van der Waals surface area contributed by atoms with E-state index in [9.17, 15) is 13.9 Å². The molecule has 2 rings (SSSR count). The molecule has 1 aromatic carbocycles. The van der Waals surface area contributed by atoms with Gasteiger partial charge in [-0.1, -0.05) is 12.1 Å². The minimum atomic E-state index is -2.95. The van der Waals surface area contributed by atoms with Gasteiger partial charge in [-0.15, -0.1) is 24.0 Å². The number of aliphatic hydroxyl groups is 1. The molecule has 1 atom stereocenters. The molecule has 1 aliphatic heterocycles. The summed E-state index contributed by atoms with van der Waals surface area (Å²) in [5.74, 6) is 2.39. The first-order valence-electron chi connectivity index (χ1n) is 8.99. The van der Waals surface area contributed by atoms with Crippen molar-refractivity contribution >= 4 is 41.7 Å². The van der Waals surface area contributed by atoms with E-state index in [2.05, 4.69) is 20.4 Å². The molecule has 0 radical (unpaired) electrons. The van der Waals surface area contributed by atoms with Crippen LogP contribution in [0.5, 0.6) is 11.5 Å². The smallest absolute Gasteiger partial charge is 0.387 e. The van der Waals surface area contributed by atoms with Gasteiger partial charge in [0.2, 0.25) is 0 Å². The molecule has 1 fully saturated rings. The Balaban J connectivity index is 0.00000392. The SMILES string of the molecule is CCNC(=NCc1cccc(OCC)c1OC(F)F)NCC1(O)CCSC1.I. The first-order chi connectivity index (χ1) is 13.0. The summed E-state index contributed by atoms with van der Waals surface area (Å²) in [5.41, 5.74) is -0.256. The van der Waals surface area contributed by atoms with Gasteiger partial charge in [0.05, 0.1) is 18.8 Å². The predicted octanol–water partition coefficient (Wildman–Crippen LogP) is 3.23. The number of nitrogens with one attached hydrogen (secondary N) is 2. The van der Waals surface area contributed by atoms with Gasteiger partial charge >= 0.3 is 6.61 Å². The second kappa shape index (κ2) is 12.5. The van der Waals surface area contributed by atoms with E-state index in [0.717, 1.165) is 12.2 Å². The Kier molecular flexibility index (Phi) is 11.2. The number of para-hydroxylation sites is 1. The van der Waals surface area contributed by atoms with Gasteiger partial charge in [0.1, 0.15) is 0 Å². The maximum atomic E-state index is 12.8. The Morgan fingerprint density at radius 2 is 2.14 bits per heavy atom. The van der Waals surface area contributed by atoms with E-state index in [-0.39, 0.29) is 42.0 Å². The number of aliphatic imine (C=N–C) groups is 1. The van der Waals surface area contributed by atoms with E-state index in [1.165, 1.54) is 0 Å². The van der Waals surface area contributed by atoms with Gasteiger partial charge in [0.15, 0.2) is 17.5 Å². The molecule has 0 aromatic heterocycles. The largest absolute Gasteiger partial charge is 0.490 e. The van der Waals surface area contributed by atoms with Crippen LogP contribution in [-0.4, -0.2) is 54.5 Å². The summed E-state index contributed by atoms with van der Waals surface area (Å²) in [6.07, 6.45) is 0.729. The molecular formula is C18H28F2IN3O3S. The second-order valence-corrected chi connectivity index (χ2v) is 7.24. The fraction of sp³-hybridized carbons (Fsp3) is 0.611. The van der Waals surface area contributed by atoms with Crippen molar-refractivity contribution in [2.45, 2.75) is 39.0 Å². The van der Waals surface area contributed by atoms with E-state index in [1.807, 2.05) is 6.92 Å². The number of alkyl halides is 2. The summed E-state index contributed by atoms with van der Waals surface area (Å²) < 4.78 is 35.7. The molecule has 3 N–H and O–H groups in total. The van der Waals surface area contributed by atoms with Crippen LogP contribution < -0.4 is 20.1 Å². The molecule has 1 aromatic rings. The van der Waals surface area contributed by atoms with Crippen molar-refractivity contribution in [3.63, 3.8) is 0 Å². The van der Waals surface area contributed by atoms with Crippen LogP contribution in [0.2, 0.25) is 0 Å². The Morgan fingerprint density at radius 3 is 2.75 bits per heavy atom. The quantitative estimate of drug-likeness (QED) is 0.258. The maximum absolute atomic E-state index is 12.8. The second-order valence-electron chi connectivity index (χ2n) is 6.13. The van der Waals surface area contributed by atoms with Crippen LogP contribution in [0, 0.1) is 0 Å². The van der Waals surface area contributed by atoms with Crippen LogP contribution in [0.15, 0.2) is 23.2 Å². The van der Waals surface area contributed by atoms with E-state index >= 15 is 0 Å². The first-order valence-corrected chi connectivity index (χ1v) is 10.1. The average Bonchev–Trinajstić information content (AvgIpc) is 3.06. The Bertz CT molecular complexity index is 632. The van der Waals surface area contributed by atoms with E-state index < -0.39 is 12.2 Å². The highest BCUT2D eigenvalue weighted by molar-refractivity contribution is 14.0. The number of ether oxygens (including phenoxy) is 2. The molecule has 160 valence electrons. The molecule has 1 unspecified atom stereocenters. The molecule has 1 aliphatic rings. The fourth-order valence-electron chi connectivity index (χ4n) is 2.67. The molecule has 0 aliphatic carbocycles. The molecule has 1 saturated heterocycles. The fourth-order valence-corrected chi connectivity index (χ4v) is 3.96. The third kappa shape index (κ3) is 7.78. The number of nitrogens with zero attached hydrogens (tertiary/aromatic N) is 1. The van der Waals surface area contributed by atoms with Crippen LogP contribution in [0.4, 0.5) is 8.78 Å².